The van der Waals surface area contributed by atoms with Crippen molar-refractivity contribution in [1.29, 1.82) is 0 Å². The molecule has 0 aromatic heterocycles. The maximum absolute atomic E-state index is 12.3. The summed E-state index contributed by atoms with van der Waals surface area (Å²) in [6.45, 7) is 5.79. The molecule has 0 radical (unpaired) electrons. The number of nitrogens with zero attached hydrogens (tertiary/aromatic N) is 1. The van der Waals surface area contributed by atoms with E-state index in [-0.39, 0.29) is 12.2 Å². The van der Waals surface area contributed by atoms with E-state index in [1.807, 2.05) is 36.9 Å². The minimum absolute atomic E-state index is 0.201. The topological polar surface area (TPSA) is 38.8 Å². The van der Waals surface area contributed by atoms with Crippen LogP contribution in [-0.4, -0.2) is 32.0 Å². The first-order valence-corrected chi connectivity index (χ1v) is 7.87. The zero-order valence-electron chi connectivity index (χ0n) is 13.0. The number of anilines is 1. The summed E-state index contributed by atoms with van der Waals surface area (Å²) in [6.07, 6.45) is 2.97. The Balaban J connectivity index is 2.08. The SMILES string of the molecule is CCOC(CCN1C(=O)CCCc2ccccc21)OCC. The molecule has 0 saturated heterocycles. The normalized spacial score (nSPS) is 15.2. The van der Waals surface area contributed by atoms with Crippen molar-refractivity contribution in [3.05, 3.63) is 29.8 Å². The van der Waals surface area contributed by atoms with Gasteiger partial charge in [-0.15, -0.1) is 0 Å². The minimum Gasteiger partial charge on any atom is -0.353 e. The van der Waals surface area contributed by atoms with Crippen LogP contribution in [0.1, 0.15) is 38.7 Å². The Morgan fingerprint density at radius 1 is 1.14 bits per heavy atom. The Bertz CT molecular complexity index is 455. The van der Waals surface area contributed by atoms with Crippen LogP contribution in [0.2, 0.25) is 0 Å². The van der Waals surface area contributed by atoms with E-state index < -0.39 is 0 Å². The van der Waals surface area contributed by atoms with E-state index in [1.54, 1.807) is 0 Å². The van der Waals surface area contributed by atoms with Crippen molar-refractivity contribution in [2.75, 3.05) is 24.7 Å². The zero-order valence-corrected chi connectivity index (χ0v) is 13.0. The lowest BCUT2D eigenvalue weighted by molar-refractivity contribution is -0.138. The maximum atomic E-state index is 12.3. The van der Waals surface area contributed by atoms with Crippen LogP contribution in [0.4, 0.5) is 5.69 Å². The van der Waals surface area contributed by atoms with Gasteiger partial charge in [-0.2, -0.15) is 0 Å². The number of amides is 1. The van der Waals surface area contributed by atoms with Gasteiger partial charge in [-0.05, 0) is 38.3 Å². The number of hydrogen-bond donors (Lipinski definition) is 0. The molecule has 1 aromatic rings. The number of carbonyl (C=O) groups is 1. The molecule has 1 amide bonds. The summed E-state index contributed by atoms with van der Waals surface area (Å²) < 4.78 is 11.1. The van der Waals surface area contributed by atoms with Crippen LogP contribution in [0.5, 0.6) is 0 Å². The molecule has 116 valence electrons. The van der Waals surface area contributed by atoms with Gasteiger partial charge in [0.1, 0.15) is 0 Å². The Hall–Kier alpha value is -1.39. The smallest absolute Gasteiger partial charge is 0.226 e. The average molecular weight is 291 g/mol. The Labute approximate surface area is 127 Å². The summed E-state index contributed by atoms with van der Waals surface area (Å²) in [5.74, 6) is 0.201. The monoisotopic (exact) mass is 291 g/mol. The molecule has 1 aliphatic rings. The molecular formula is C17H25NO3. The molecule has 1 aromatic carbocycles. The van der Waals surface area contributed by atoms with Gasteiger partial charge in [0, 0.05) is 38.3 Å². The van der Waals surface area contributed by atoms with E-state index >= 15 is 0 Å². The zero-order chi connectivity index (χ0) is 15.1. The highest BCUT2D eigenvalue weighted by atomic mass is 16.7. The average Bonchev–Trinajstić information content (AvgIpc) is 2.64. The molecule has 0 N–H and O–H groups in total. The van der Waals surface area contributed by atoms with E-state index in [0.717, 1.165) is 18.5 Å². The molecule has 2 rings (SSSR count). The summed E-state index contributed by atoms with van der Waals surface area (Å²) in [5, 5.41) is 0. The number of fused-ring (bicyclic) bond motifs is 1. The number of ether oxygens (including phenoxy) is 2. The highest BCUT2D eigenvalue weighted by molar-refractivity contribution is 5.94. The van der Waals surface area contributed by atoms with Crippen LogP contribution in [0, 0.1) is 0 Å². The second kappa shape index (κ2) is 8.15. The molecule has 4 heteroatoms. The maximum Gasteiger partial charge on any atom is 0.226 e. The van der Waals surface area contributed by atoms with Gasteiger partial charge in [0.25, 0.3) is 0 Å². The van der Waals surface area contributed by atoms with Crippen molar-refractivity contribution in [2.24, 2.45) is 0 Å². The van der Waals surface area contributed by atoms with E-state index in [0.29, 0.717) is 32.6 Å². The fourth-order valence-electron chi connectivity index (χ4n) is 2.75. The van der Waals surface area contributed by atoms with Crippen molar-refractivity contribution >= 4 is 11.6 Å². The van der Waals surface area contributed by atoms with Crippen LogP contribution in [0.3, 0.4) is 0 Å². The third kappa shape index (κ3) is 4.29. The quantitative estimate of drug-likeness (QED) is 0.724. The van der Waals surface area contributed by atoms with Gasteiger partial charge in [0.05, 0.1) is 0 Å². The summed E-state index contributed by atoms with van der Waals surface area (Å²) in [7, 11) is 0. The fourth-order valence-corrected chi connectivity index (χ4v) is 2.75. The van der Waals surface area contributed by atoms with Gasteiger partial charge >= 0.3 is 0 Å². The number of hydrogen-bond acceptors (Lipinski definition) is 3. The lowest BCUT2D eigenvalue weighted by Crippen LogP contribution is -2.34. The van der Waals surface area contributed by atoms with Crippen molar-refractivity contribution in [3.63, 3.8) is 0 Å². The molecule has 0 saturated carbocycles. The number of carbonyl (C=O) groups excluding carboxylic acids is 1. The van der Waals surface area contributed by atoms with Gasteiger partial charge in [-0.1, -0.05) is 18.2 Å². The molecule has 4 nitrogen and oxygen atoms in total. The third-order valence-corrected chi connectivity index (χ3v) is 3.71. The summed E-state index contributed by atoms with van der Waals surface area (Å²) in [5.41, 5.74) is 2.31. The lowest BCUT2D eigenvalue weighted by atomic mass is 10.1. The third-order valence-electron chi connectivity index (χ3n) is 3.71. The first-order valence-electron chi connectivity index (χ1n) is 7.87. The number of benzene rings is 1. The summed E-state index contributed by atoms with van der Waals surface area (Å²) in [6, 6.07) is 8.18. The predicted molar refractivity (Wildman–Crippen MR) is 83.4 cm³/mol. The standard InChI is InChI=1S/C17H25NO3/c1-3-20-17(21-4-2)12-13-18-15-10-6-5-8-14(15)9-7-11-16(18)19/h5-6,8,10,17H,3-4,7,9,11-13H2,1-2H3. The van der Waals surface area contributed by atoms with E-state index in [4.69, 9.17) is 9.47 Å². The minimum atomic E-state index is -0.233. The summed E-state index contributed by atoms with van der Waals surface area (Å²) in [4.78, 5) is 14.2. The molecule has 0 atom stereocenters. The van der Waals surface area contributed by atoms with Gasteiger partial charge in [0.15, 0.2) is 6.29 Å². The first kappa shape index (κ1) is 16.0. The predicted octanol–water partition coefficient (Wildman–Crippen LogP) is 3.15. The van der Waals surface area contributed by atoms with E-state index in [1.165, 1.54) is 5.56 Å². The van der Waals surface area contributed by atoms with Crippen LogP contribution >= 0.6 is 0 Å². The molecule has 0 spiro atoms. The van der Waals surface area contributed by atoms with Gasteiger partial charge in [-0.25, -0.2) is 0 Å². The molecule has 21 heavy (non-hydrogen) atoms. The molecule has 0 bridgehead atoms. The molecular weight excluding hydrogens is 266 g/mol. The highest BCUT2D eigenvalue weighted by Gasteiger charge is 2.22. The Morgan fingerprint density at radius 3 is 2.57 bits per heavy atom. The number of aryl methyl sites for hydroxylation is 1. The van der Waals surface area contributed by atoms with Crippen LogP contribution in [0.25, 0.3) is 0 Å². The van der Waals surface area contributed by atoms with Gasteiger partial charge in [-0.3, -0.25) is 4.79 Å². The fraction of sp³-hybridized carbons (Fsp3) is 0.588. The first-order chi connectivity index (χ1) is 10.3. The summed E-state index contributed by atoms with van der Waals surface area (Å²) >= 11 is 0. The number of para-hydroxylation sites is 1. The van der Waals surface area contributed by atoms with E-state index in [2.05, 4.69) is 6.07 Å². The van der Waals surface area contributed by atoms with Gasteiger partial charge < -0.3 is 14.4 Å². The second-order valence-corrected chi connectivity index (χ2v) is 5.16. The van der Waals surface area contributed by atoms with Crippen LogP contribution in [-0.2, 0) is 20.7 Å². The molecule has 0 fully saturated rings. The largest absolute Gasteiger partial charge is 0.353 e. The number of rotatable bonds is 7. The van der Waals surface area contributed by atoms with Crippen molar-refractivity contribution < 1.29 is 14.3 Å². The lowest BCUT2D eigenvalue weighted by Gasteiger charge is -2.25. The van der Waals surface area contributed by atoms with Crippen LogP contribution in [0.15, 0.2) is 24.3 Å². The van der Waals surface area contributed by atoms with Crippen molar-refractivity contribution in [1.82, 2.24) is 0 Å². The van der Waals surface area contributed by atoms with Crippen LogP contribution < -0.4 is 4.90 Å². The van der Waals surface area contributed by atoms with Crippen molar-refractivity contribution in [3.8, 4) is 0 Å². The molecule has 0 aliphatic carbocycles. The molecule has 1 heterocycles. The highest BCUT2D eigenvalue weighted by Crippen LogP contribution is 2.27. The second-order valence-electron chi connectivity index (χ2n) is 5.16. The van der Waals surface area contributed by atoms with Gasteiger partial charge in [0.2, 0.25) is 5.91 Å². The Kier molecular flexibility index (Phi) is 6.21. The molecule has 0 unspecified atom stereocenters. The molecule has 1 aliphatic heterocycles. The Morgan fingerprint density at radius 2 is 1.86 bits per heavy atom. The van der Waals surface area contributed by atoms with Crippen molar-refractivity contribution in [2.45, 2.75) is 45.8 Å². The van der Waals surface area contributed by atoms with E-state index in [9.17, 15) is 4.79 Å².